The Morgan fingerprint density at radius 2 is 2.25 bits per heavy atom. The van der Waals surface area contributed by atoms with E-state index in [1.807, 2.05) is 17.1 Å². The van der Waals surface area contributed by atoms with E-state index in [-0.39, 0.29) is 18.1 Å². The predicted molar refractivity (Wildman–Crippen MR) is 44.5 cm³/mol. The third-order valence-electron chi connectivity index (χ3n) is 2.60. The second-order valence-electron chi connectivity index (χ2n) is 3.43. The van der Waals surface area contributed by atoms with Gasteiger partial charge in [-0.1, -0.05) is 12.2 Å². The zero-order valence-corrected chi connectivity index (χ0v) is 6.94. The van der Waals surface area contributed by atoms with Gasteiger partial charge in [-0.05, 0) is 12.8 Å². The van der Waals surface area contributed by atoms with E-state index in [0.717, 1.165) is 6.42 Å². The van der Waals surface area contributed by atoms with Gasteiger partial charge in [0.25, 0.3) is 0 Å². The van der Waals surface area contributed by atoms with Crippen LogP contribution in [0, 0.1) is 0 Å². The number of nitrogens with zero attached hydrogens (tertiary/aromatic N) is 1. The molecule has 0 aliphatic carbocycles. The van der Waals surface area contributed by atoms with Gasteiger partial charge in [0.15, 0.2) is 0 Å². The largest absolute Gasteiger partial charge is 0.389 e. The molecule has 66 valence electrons. The molecule has 1 N–H and O–H groups in total. The van der Waals surface area contributed by atoms with Crippen LogP contribution in [0.3, 0.4) is 0 Å². The molecule has 2 atom stereocenters. The zero-order chi connectivity index (χ0) is 8.55. The van der Waals surface area contributed by atoms with Gasteiger partial charge in [-0.15, -0.1) is 0 Å². The van der Waals surface area contributed by atoms with Crippen molar-refractivity contribution in [1.29, 1.82) is 0 Å². The number of carbonyl (C=O) groups excluding carboxylic acids is 1. The minimum atomic E-state index is -0.358. The molecule has 1 fully saturated rings. The van der Waals surface area contributed by atoms with E-state index in [0.29, 0.717) is 19.4 Å². The van der Waals surface area contributed by atoms with Crippen molar-refractivity contribution in [2.24, 2.45) is 0 Å². The standard InChI is InChI=1S/C9H13NO2/c11-8-3-1-7-2-4-9(12)10(7)6-5-8/h1,3,7-8,11H,2,4-6H2/t7-,8-/m1/s1. The average Bonchev–Trinajstić information content (AvgIpc) is 2.28. The fraction of sp³-hybridized carbons (Fsp3) is 0.667. The summed E-state index contributed by atoms with van der Waals surface area (Å²) in [4.78, 5) is 13.1. The summed E-state index contributed by atoms with van der Waals surface area (Å²) in [6.07, 6.45) is 5.68. The molecule has 2 aliphatic heterocycles. The SMILES string of the molecule is O=C1CC[C@H]2C=C[C@@H](O)CCN12. The molecule has 0 radical (unpaired) electrons. The lowest BCUT2D eigenvalue weighted by molar-refractivity contribution is -0.128. The lowest BCUT2D eigenvalue weighted by atomic mass is 10.2. The Bertz CT molecular complexity index is 225. The smallest absolute Gasteiger partial charge is 0.223 e. The molecule has 12 heavy (non-hydrogen) atoms. The third-order valence-corrected chi connectivity index (χ3v) is 2.60. The quantitative estimate of drug-likeness (QED) is 0.527. The molecule has 0 aromatic rings. The minimum absolute atomic E-state index is 0.235. The average molecular weight is 167 g/mol. The number of aliphatic hydroxyl groups is 1. The van der Waals surface area contributed by atoms with Crippen molar-refractivity contribution in [1.82, 2.24) is 4.90 Å². The highest BCUT2D eigenvalue weighted by atomic mass is 16.3. The van der Waals surface area contributed by atoms with Gasteiger partial charge in [0, 0.05) is 13.0 Å². The van der Waals surface area contributed by atoms with E-state index in [9.17, 15) is 9.90 Å². The van der Waals surface area contributed by atoms with Crippen molar-refractivity contribution in [3.05, 3.63) is 12.2 Å². The lowest BCUT2D eigenvalue weighted by Gasteiger charge is -2.19. The molecule has 0 aromatic carbocycles. The molecular formula is C9H13NO2. The normalized spacial score (nSPS) is 35.1. The first-order chi connectivity index (χ1) is 5.77. The maximum atomic E-state index is 11.3. The van der Waals surface area contributed by atoms with Gasteiger partial charge >= 0.3 is 0 Å². The Hall–Kier alpha value is -0.830. The van der Waals surface area contributed by atoms with E-state index >= 15 is 0 Å². The molecule has 0 spiro atoms. The summed E-state index contributed by atoms with van der Waals surface area (Å²) < 4.78 is 0. The van der Waals surface area contributed by atoms with Crippen LogP contribution in [0.4, 0.5) is 0 Å². The zero-order valence-electron chi connectivity index (χ0n) is 6.94. The molecule has 1 amide bonds. The first kappa shape index (κ1) is 7.80. The van der Waals surface area contributed by atoms with Crippen molar-refractivity contribution >= 4 is 5.91 Å². The van der Waals surface area contributed by atoms with Gasteiger partial charge in [-0.25, -0.2) is 0 Å². The second kappa shape index (κ2) is 2.90. The van der Waals surface area contributed by atoms with E-state index in [1.165, 1.54) is 0 Å². The van der Waals surface area contributed by atoms with Crippen molar-refractivity contribution in [3.8, 4) is 0 Å². The van der Waals surface area contributed by atoms with Gasteiger partial charge in [-0.2, -0.15) is 0 Å². The molecule has 2 heterocycles. The highest BCUT2D eigenvalue weighted by molar-refractivity contribution is 5.79. The van der Waals surface area contributed by atoms with Crippen LogP contribution in [0.2, 0.25) is 0 Å². The summed E-state index contributed by atoms with van der Waals surface area (Å²) in [5.41, 5.74) is 0. The molecule has 0 unspecified atom stereocenters. The summed E-state index contributed by atoms with van der Waals surface area (Å²) in [5, 5.41) is 9.31. The van der Waals surface area contributed by atoms with Crippen LogP contribution in [0.15, 0.2) is 12.2 Å². The number of fused-ring (bicyclic) bond motifs is 1. The first-order valence-electron chi connectivity index (χ1n) is 4.43. The van der Waals surface area contributed by atoms with Gasteiger partial charge in [0.05, 0.1) is 12.1 Å². The molecule has 1 saturated heterocycles. The molecule has 2 aliphatic rings. The predicted octanol–water partition coefficient (Wildman–Crippen LogP) is 0.298. The Kier molecular flexibility index (Phi) is 1.89. The van der Waals surface area contributed by atoms with Crippen LogP contribution in [-0.4, -0.2) is 34.6 Å². The highest BCUT2D eigenvalue weighted by Crippen LogP contribution is 2.22. The van der Waals surface area contributed by atoms with Crippen LogP contribution < -0.4 is 0 Å². The second-order valence-corrected chi connectivity index (χ2v) is 3.43. The summed E-state index contributed by atoms with van der Waals surface area (Å²) in [7, 11) is 0. The molecule has 3 heteroatoms. The van der Waals surface area contributed by atoms with E-state index in [2.05, 4.69) is 0 Å². The van der Waals surface area contributed by atoms with Crippen molar-refractivity contribution in [2.45, 2.75) is 31.4 Å². The molecule has 0 saturated carbocycles. The van der Waals surface area contributed by atoms with Gasteiger partial charge in [0.2, 0.25) is 5.91 Å². The molecule has 3 nitrogen and oxygen atoms in total. The molecule has 0 bridgehead atoms. The molecular weight excluding hydrogens is 154 g/mol. The lowest BCUT2D eigenvalue weighted by Crippen LogP contribution is -2.32. The Labute approximate surface area is 71.7 Å². The van der Waals surface area contributed by atoms with Gasteiger partial charge in [-0.3, -0.25) is 4.79 Å². The number of carbonyl (C=O) groups is 1. The highest BCUT2D eigenvalue weighted by Gasteiger charge is 2.30. The molecule has 2 rings (SSSR count). The van der Waals surface area contributed by atoms with Crippen LogP contribution in [0.5, 0.6) is 0 Å². The van der Waals surface area contributed by atoms with Crippen LogP contribution in [0.1, 0.15) is 19.3 Å². The van der Waals surface area contributed by atoms with Crippen molar-refractivity contribution in [3.63, 3.8) is 0 Å². The summed E-state index contributed by atoms with van der Waals surface area (Å²) in [5.74, 6) is 0.235. The van der Waals surface area contributed by atoms with E-state index in [1.54, 1.807) is 0 Å². The number of aliphatic hydroxyl groups excluding tert-OH is 1. The Balaban J connectivity index is 2.14. The summed E-state index contributed by atoms with van der Waals surface area (Å²) in [6, 6.07) is 0.259. The summed E-state index contributed by atoms with van der Waals surface area (Å²) >= 11 is 0. The maximum absolute atomic E-state index is 11.3. The van der Waals surface area contributed by atoms with Crippen LogP contribution >= 0.6 is 0 Å². The monoisotopic (exact) mass is 167 g/mol. The van der Waals surface area contributed by atoms with Crippen molar-refractivity contribution < 1.29 is 9.90 Å². The van der Waals surface area contributed by atoms with Gasteiger partial charge < -0.3 is 10.0 Å². The van der Waals surface area contributed by atoms with Crippen LogP contribution in [-0.2, 0) is 4.79 Å². The van der Waals surface area contributed by atoms with Gasteiger partial charge in [0.1, 0.15) is 0 Å². The maximum Gasteiger partial charge on any atom is 0.223 e. The fourth-order valence-electron chi connectivity index (χ4n) is 1.87. The van der Waals surface area contributed by atoms with Crippen molar-refractivity contribution in [2.75, 3.05) is 6.54 Å². The molecule has 0 aromatic heterocycles. The Morgan fingerprint density at radius 3 is 3.08 bits per heavy atom. The first-order valence-corrected chi connectivity index (χ1v) is 4.43. The number of amides is 1. The topological polar surface area (TPSA) is 40.5 Å². The number of rotatable bonds is 0. The fourth-order valence-corrected chi connectivity index (χ4v) is 1.87. The van der Waals surface area contributed by atoms with E-state index < -0.39 is 0 Å². The van der Waals surface area contributed by atoms with Crippen LogP contribution in [0.25, 0.3) is 0 Å². The Morgan fingerprint density at radius 1 is 1.42 bits per heavy atom. The minimum Gasteiger partial charge on any atom is -0.389 e. The number of hydrogen-bond donors (Lipinski definition) is 1. The van der Waals surface area contributed by atoms with E-state index in [4.69, 9.17) is 0 Å². The number of hydrogen-bond acceptors (Lipinski definition) is 2. The summed E-state index contributed by atoms with van der Waals surface area (Å²) in [6.45, 7) is 0.706. The third kappa shape index (κ3) is 1.25.